The number of aromatic hydroxyl groups is 3. The first-order valence-electron chi connectivity index (χ1n) is 13.1. The summed E-state index contributed by atoms with van der Waals surface area (Å²) in [6.07, 6.45) is -1.17. The number of hydrogen-bond donors (Lipinski definition) is 3. The van der Waals surface area contributed by atoms with Crippen LogP contribution >= 0.6 is 0 Å². The Balaban J connectivity index is 1.72. The van der Waals surface area contributed by atoms with Crippen LogP contribution in [0.15, 0.2) is 24.3 Å². The Morgan fingerprint density at radius 3 is 2.27 bits per heavy atom. The molecule has 2 atom stereocenters. The number of fused-ring (bicyclic) bond motifs is 6. The molecule has 2 aliphatic carbocycles. The summed E-state index contributed by atoms with van der Waals surface area (Å²) in [5.41, 5.74) is -0.139. The van der Waals surface area contributed by atoms with E-state index in [1.165, 1.54) is 25.3 Å². The molecule has 0 aromatic heterocycles. The number of phenols is 3. The molecule has 0 saturated heterocycles. The molecule has 0 saturated carbocycles. The van der Waals surface area contributed by atoms with Crippen LogP contribution in [-0.4, -0.2) is 52.0 Å². The maximum Gasteiger partial charge on any atom is 0.342 e. The lowest BCUT2D eigenvalue weighted by atomic mass is 9.74. The number of ether oxygens (including phenoxy) is 3. The third-order valence-corrected chi connectivity index (χ3v) is 7.83. The Labute approximate surface area is 234 Å². The van der Waals surface area contributed by atoms with E-state index in [9.17, 15) is 34.5 Å². The molecule has 6 rings (SSSR count). The summed E-state index contributed by atoms with van der Waals surface area (Å²) in [6.45, 7) is 5.03. The van der Waals surface area contributed by atoms with Crippen LogP contribution < -0.4 is 4.74 Å². The van der Waals surface area contributed by atoms with Gasteiger partial charge in [-0.25, -0.2) is 4.79 Å². The van der Waals surface area contributed by atoms with Gasteiger partial charge >= 0.3 is 11.9 Å². The van der Waals surface area contributed by atoms with Crippen LogP contribution in [0.1, 0.15) is 85.8 Å². The van der Waals surface area contributed by atoms with Crippen molar-refractivity contribution in [1.29, 1.82) is 0 Å². The zero-order valence-electron chi connectivity index (χ0n) is 22.7. The van der Waals surface area contributed by atoms with Crippen LogP contribution in [0.25, 0.3) is 11.1 Å². The van der Waals surface area contributed by atoms with Crippen molar-refractivity contribution in [3.8, 4) is 34.1 Å². The molecule has 0 fully saturated rings. The molecule has 0 radical (unpaired) electrons. The third kappa shape index (κ3) is 3.63. The first-order valence-corrected chi connectivity index (χ1v) is 13.1. The van der Waals surface area contributed by atoms with Crippen LogP contribution in [-0.2, 0) is 27.1 Å². The van der Waals surface area contributed by atoms with Gasteiger partial charge in [-0.05, 0) is 24.1 Å². The monoisotopic (exact) mass is 558 g/mol. The molecule has 0 amide bonds. The van der Waals surface area contributed by atoms with E-state index < -0.39 is 58.9 Å². The molecule has 0 unspecified atom stereocenters. The lowest BCUT2D eigenvalue weighted by molar-refractivity contribution is -0.153. The molecule has 210 valence electrons. The Kier molecular flexibility index (Phi) is 5.84. The van der Waals surface area contributed by atoms with Crippen LogP contribution in [0.5, 0.6) is 23.0 Å². The molecule has 3 N–H and O–H groups in total. The smallest absolute Gasteiger partial charge is 0.342 e. The number of cyclic esters (lactones) is 1. The summed E-state index contributed by atoms with van der Waals surface area (Å²) in [4.78, 5) is 53.2. The quantitative estimate of drug-likeness (QED) is 0.312. The zero-order valence-corrected chi connectivity index (χ0v) is 22.7. The fraction of sp³-hybridized carbons (Fsp3) is 0.290. The molecule has 41 heavy (non-hydrogen) atoms. The van der Waals surface area contributed by atoms with Crippen LogP contribution in [0.2, 0.25) is 0 Å². The SMILES string of the molecule is COc1c2c(c(O)c3c1[C@H](OC(=O)C(C)C)Cc1cc4c(c(O)c1-3)C(=O)O[C@H](C)C4)C(=O)c1cccc(O)c1C2=O. The van der Waals surface area contributed by atoms with Crippen molar-refractivity contribution in [3.05, 3.63) is 68.8 Å². The molecular formula is C31H26O10. The van der Waals surface area contributed by atoms with Crippen molar-refractivity contribution in [2.24, 2.45) is 5.92 Å². The minimum Gasteiger partial charge on any atom is -0.507 e. The number of hydrogen-bond acceptors (Lipinski definition) is 10. The molecule has 0 spiro atoms. The molecule has 10 heteroatoms. The number of esters is 2. The largest absolute Gasteiger partial charge is 0.507 e. The van der Waals surface area contributed by atoms with E-state index in [-0.39, 0.29) is 56.7 Å². The number of phenolic OH excluding ortho intramolecular Hbond substituents is 3. The number of benzene rings is 3. The Bertz CT molecular complexity index is 1730. The topological polar surface area (TPSA) is 157 Å². The Morgan fingerprint density at radius 2 is 1.59 bits per heavy atom. The molecule has 1 aliphatic heterocycles. The number of ketones is 2. The third-order valence-electron chi connectivity index (χ3n) is 7.83. The van der Waals surface area contributed by atoms with Crippen LogP contribution in [0, 0.1) is 5.92 Å². The highest BCUT2D eigenvalue weighted by molar-refractivity contribution is 6.32. The van der Waals surface area contributed by atoms with Gasteiger partial charge in [-0.2, -0.15) is 0 Å². The highest BCUT2D eigenvalue weighted by Gasteiger charge is 2.45. The highest BCUT2D eigenvalue weighted by Crippen LogP contribution is 2.57. The van der Waals surface area contributed by atoms with Gasteiger partial charge in [0.2, 0.25) is 5.78 Å². The summed E-state index contributed by atoms with van der Waals surface area (Å²) in [6, 6.07) is 5.73. The average Bonchev–Trinajstić information content (AvgIpc) is 2.90. The molecule has 3 aromatic carbocycles. The van der Waals surface area contributed by atoms with Gasteiger partial charge in [0.1, 0.15) is 40.8 Å². The van der Waals surface area contributed by atoms with Gasteiger partial charge in [-0.15, -0.1) is 0 Å². The first kappa shape index (κ1) is 26.4. The second-order valence-corrected chi connectivity index (χ2v) is 10.8. The second-order valence-electron chi connectivity index (χ2n) is 10.8. The molecule has 10 nitrogen and oxygen atoms in total. The Hall–Kier alpha value is -4.86. The van der Waals surface area contributed by atoms with E-state index in [0.29, 0.717) is 17.5 Å². The molecule has 3 aromatic rings. The predicted octanol–water partition coefficient (Wildman–Crippen LogP) is 4.15. The maximum absolute atomic E-state index is 13.8. The molecular weight excluding hydrogens is 532 g/mol. The first-order chi connectivity index (χ1) is 19.5. The number of methoxy groups -OCH3 is 1. The van der Waals surface area contributed by atoms with Gasteiger partial charge in [-0.3, -0.25) is 14.4 Å². The maximum atomic E-state index is 13.8. The van der Waals surface area contributed by atoms with Gasteiger partial charge in [0.25, 0.3) is 0 Å². The van der Waals surface area contributed by atoms with Gasteiger partial charge in [-0.1, -0.05) is 32.0 Å². The van der Waals surface area contributed by atoms with E-state index in [0.717, 1.165) is 0 Å². The molecule has 0 bridgehead atoms. The number of carbonyl (C=O) groups excluding carboxylic acids is 4. The normalized spacial score (nSPS) is 18.5. The van der Waals surface area contributed by atoms with Crippen molar-refractivity contribution in [2.75, 3.05) is 7.11 Å². The van der Waals surface area contributed by atoms with Crippen LogP contribution in [0.4, 0.5) is 0 Å². The van der Waals surface area contributed by atoms with Gasteiger partial charge in [0.15, 0.2) is 5.78 Å². The summed E-state index contributed by atoms with van der Waals surface area (Å²) in [5, 5.41) is 33.7. The standard InChI is InChI=1S/C31H26O10/c1-11(2)30(37)41-17-10-14-9-13-8-12(3)40-31(38)19(13)26(34)18(14)22-21(17)29(39-4)24-23(28(22)36)25(33)15-6-5-7-16(32)20(15)27(24)35/h5-7,9,11-12,17,32,34,36H,8,10H2,1-4H3/t12-,17-/m1/s1. The van der Waals surface area contributed by atoms with Crippen molar-refractivity contribution < 1.29 is 48.7 Å². The van der Waals surface area contributed by atoms with E-state index in [4.69, 9.17) is 14.2 Å². The van der Waals surface area contributed by atoms with Crippen molar-refractivity contribution in [2.45, 2.75) is 45.8 Å². The zero-order chi connectivity index (χ0) is 29.5. The molecule has 1 heterocycles. The van der Waals surface area contributed by atoms with Crippen LogP contribution in [0.3, 0.4) is 0 Å². The lowest BCUT2D eigenvalue weighted by Gasteiger charge is -2.34. The number of carbonyl (C=O) groups is 4. The fourth-order valence-electron chi connectivity index (χ4n) is 6.05. The van der Waals surface area contributed by atoms with E-state index in [1.54, 1.807) is 26.8 Å². The minimum atomic E-state index is -1.09. The van der Waals surface area contributed by atoms with Gasteiger partial charge < -0.3 is 29.5 Å². The summed E-state index contributed by atoms with van der Waals surface area (Å²) in [5.74, 6) is -5.03. The fourth-order valence-corrected chi connectivity index (χ4v) is 6.05. The minimum absolute atomic E-state index is 0.0175. The van der Waals surface area contributed by atoms with E-state index in [2.05, 4.69) is 0 Å². The van der Waals surface area contributed by atoms with E-state index >= 15 is 0 Å². The summed E-state index contributed by atoms with van der Waals surface area (Å²) < 4.78 is 16.9. The summed E-state index contributed by atoms with van der Waals surface area (Å²) in [7, 11) is 1.26. The summed E-state index contributed by atoms with van der Waals surface area (Å²) >= 11 is 0. The van der Waals surface area contributed by atoms with Crippen molar-refractivity contribution >= 4 is 23.5 Å². The highest BCUT2D eigenvalue weighted by atomic mass is 16.5. The number of rotatable bonds is 3. The van der Waals surface area contributed by atoms with Gasteiger partial charge in [0, 0.05) is 35.1 Å². The average molecular weight is 559 g/mol. The van der Waals surface area contributed by atoms with Gasteiger partial charge in [0.05, 0.1) is 29.7 Å². The van der Waals surface area contributed by atoms with Crippen molar-refractivity contribution in [1.82, 2.24) is 0 Å². The van der Waals surface area contributed by atoms with E-state index in [1.807, 2.05) is 0 Å². The lowest BCUT2D eigenvalue weighted by Crippen LogP contribution is -2.28. The second kappa shape index (κ2) is 9.09. The Morgan fingerprint density at radius 1 is 0.902 bits per heavy atom. The predicted molar refractivity (Wildman–Crippen MR) is 143 cm³/mol. The van der Waals surface area contributed by atoms with Crippen molar-refractivity contribution in [3.63, 3.8) is 0 Å². The molecule has 3 aliphatic rings.